The van der Waals surface area contributed by atoms with Crippen LogP contribution >= 0.6 is 0 Å². The molecule has 1 atom stereocenters. The monoisotopic (exact) mass is 377 g/mol. The topological polar surface area (TPSA) is 19.0 Å². The maximum atomic E-state index is 5.76. The van der Waals surface area contributed by atoms with Crippen molar-refractivity contribution < 1.29 is 4.74 Å². The number of fused-ring (bicyclic) bond motifs is 1. The van der Waals surface area contributed by atoms with Crippen LogP contribution in [0, 0.1) is 0 Å². The molecule has 4 rings (SSSR count). The van der Waals surface area contributed by atoms with E-state index in [1.165, 1.54) is 22.5 Å². The van der Waals surface area contributed by atoms with Crippen LogP contribution in [0.3, 0.4) is 0 Å². The fraction of sp³-hybridized carbons (Fsp3) is 0.417. The molecule has 148 valence electrons. The van der Waals surface area contributed by atoms with Crippen molar-refractivity contribution in [2.24, 2.45) is 0 Å². The van der Waals surface area contributed by atoms with Crippen molar-refractivity contribution >= 4 is 0 Å². The minimum absolute atomic E-state index is 0.414. The number of ether oxygens (including phenoxy) is 1. The van der Waals surface area contributed by atoms with Crippen LogP contribution in [-0.4, -0.2) is 47.5 Å². The number of hydrogen-bond acceptors (Lipinski definition) is 4. The first-order chi connectivity index (χ1) is 13.6. The summed E-state index contributed by atoms with van der Waals surface area (Å²) in [6, 6.07) is 7.18. The van der Waals surface area contributed by atoms with E-state index in [1.807, 2.05) is 6.92 Å². The van der Waals surface area contributed by atoms with Gasteiger partial charge in [-0.3, -0.25) is 4.90 Å². The Kier molecular flexibility index (Phi) is 5.31. The predicted octanol–water partition coefficient (Wildman–Crippen LogP) is 4.45. The Balaban J connectivity index is 1.40. The summed E-state index contributed by atoms with van der Waals surface area (Å²) in [6.07, 6.45) is 9.80. The Morgan fingerprint density at radius 1 is 1.21 bits per heavy atom. The van der Waals surface area contributed by atoms with Crippen LogP contribution in [0.2, 0.25) is 0 Å². The summed E-state index contributed by atoms with van der Waals surface area (Å²) in [6.45, 7) is 15.6. The molecule has 0 spiro atoms. The molecule has 0 aliphatic carbocycles. The highest BCUT2D eigenvalue weighted by atomic mass is 16.5. The highest BCUT2D eigenvalue weighted by Gasteiger charge is 2.25. The van der Waals surface area contributed by atoms with E-state index in [0.29, 0.717) is 6.04 Å². The number of benzene rings is 1. The van der Waals surface area contributed by atoms with Gasteiger partial charge in [-0.05, 0) is 50.1 Å². The molecule has 4 heteroatoms. The third-order valence-electron chi connectivity index (χ3n) is 6.11. The van der Waals surface area contributed by atoms with Gasteiger partial charge in [-0.25, -0.2) is 0 Å². The second kappa shape index (κ2) is 7.88. The van der Waals surface area contributed by atoms with Gasteiger partial charge in [0.1, 0.15) is 5.75 Å². The second-order valence-electron chi connectivity index (χ2n) is 7.87. The van der Waals surface area contributed by atoms with Gasteiger partial charge in [-0.1, -0.05) is 24.8 Å². The van der Waals surface area contributed by atoms with Crippen molar-refractivity contribution in [1.29, 1.82) is 0 Å². The molecule has 0 aromatic heterocycles. The van der Waals surface area contributed by atoms with Crippen LogP contribution < -0.4 is 4.74 Å². The predicted molar refractivity (Wildman–Crippen MR) is 115 cm³/mol. The van der Waals surface area contributed by atoms with Crippen molar-refractivity contribution in [2.75, 3.05) is 32.8 Å². The molecule has 3 aliphatic heterocycles. The number of rotatable bonds is 4. The minimum atomic E-state index is 0.414. The third-order valence-corrected chi connectivity index (χ3v) is 6.11. The van der Waals surface area contributed by atoms with E-state index in [9.17, 15) is 0 Å². The van der Waals surface area contributed by atoms with E-state index < -0.39 is 0 Å². The summed E-state index contributed by atoms with van der Waals surface area (Å²) in [7, 11) is 0. The molecule has 4 nitrogen and oxygen atoms in total. The molecule has 1 aromatic carbocycles. The number of nitrogens with zero attached hydrogens (tertiary/aromatic N) is 3. The highest BCUT2D eigenvalue weighted by Crippen LogP contribution is 2.31. The molecular weight excluding hydrogens is 346 g/mol. The lowest BCUT2D eigenvalue weighted by Crippen LogP contribution is -2.46. The number of hydrogen-bond donors (Lipinski definition) is 0. The molecule has 0 radical (unpaired) electrons. The zero-order chi connectivity index (χ0) is 19.7. The first-order valence-electron chi connectivity index (χ1n) is 10.3. The van der Waals surface area contributed by atoms with Gasteiger partial charge in [-0.2, -0.15) is 0 Å². The average molecular weight is 378 g/mol. The van der Waals surface area contributed by atoms with Gasteiger partial charge in [0, 0.05) is 61.9 Å². The Hall–Kier alpha value is -2.46. The Morgan fingerprint density at radius 3 is 2.71 bits per heavy atom. The largest absolute Gasteiger partial charge is 0.493 e. The minimum Gasteiger partial charge on any atom is -0.493 e. The van der Waals surface area contributed by atoms with E-state index in [-0.39, 0.29) is 0 Å². The SMILES string of the molecule is C=C(C)N1C=CC(N2CCN(C(C)c3ccc4c(c3)OCC4)CC2)=C/C1=C/C. The van der Waals surface area contributed by atoms with E-state index in [4.69, 9.17) is 4.74 Å². The normalized spacial score (nSPS) is 22.1. The fourth-order valence-corrected chi connectivity index (χ4v) is 4.29. The van der Waals surface area contributed by atoms with Gasteiger partial charge >= 0.3 is 0 Å². The van der Waals surface area contributed by atoms with Crippen LogP contribution in [0.1, 0.15) is 37.9 Å². The lowest BCUT2D eigenvalue weighted by atomic mass is 10.0. The molecule has 0 N–H and O–H groups in total. The molecule has 1 fully saturated rings. The highest BCUT2D eigenvalue weighted by molar-refractivity contribution is 5.41. The van der Waals surface area contributed by atoms with Crippen LogP contribution in [0.15, 0.2) is 66.3 Å². The van der Waals surface area contributed by atoms with Crippen molar-refractivity contribution in [1.82, 2.24) is 14.7 Å². The number of piperazine rings is 1. The zero-order valence-electron chi connectivity index (χ0n) is 17.3. The van der Waals surface area contributed by atoms with Crippen molar-refractivity contribution in [3.63, 3.8) is 0 Å². The van der Waals surface area contributed by atoms with Crippen molar-refractivity contribution in [3.05, 3.63) is 77.4 Å². The first-order valence-corrected chi connectivity index (χ1v) is 10.3. The smallest absolute Gasteiger partial charge is 0.122 e. The van der Waals surface area contributed by atoms with Gasteiger partial charge in [0.2, 0.25) is 0 Å². The molecule has 28 heavy (non-hydrogen) atoms. The molecule has 3 aliphatic rings. The van der Waals surface area contributed by atoms with Gasteiger partial charge in [0.15, 0.2) is 0 Å². The molecular formula is C24H31N3O. The summed E-state index contributed by atoms with van der Waals surface area (Å²) in [4.78, 5) is 7.21. The van der Waals surface area contributed by atoms with E-state index in [1.54, 1.807) is 0 Å². The zero-order valence-corrected chi connectivity index (χ0v) is 17.3. The molecule has 0 saturated carbocycles. The summed E-state index contributed by atoms with van der Waals surface area (Å²) < 4.78 is 5.76. The van der Waals surface area contributed by atoms with E-state index in [0.717, 1.165) is 50.7 Å². The second-order valence-corrected chi connectivity index (χ2v) is 7.87. The third kappa shape index (κ3) is 3.61. The Bertz CT molecular complexity index is 843. The van der Waals surface area contributed by atoms with E-state index >= 15 is 0 Å². The van der Waals surface area contributed by atoms with Crippen molar-refractivity contribution in [2.45, 2.75) is 33.2 Å². The number of allylic oxidation sites excluding steroid dienone is 4. The molecule has 0 amide bonds. The summed E-state index contributed by atoms with van der Waals surface area (Å²) >= 11 is 0. The maximum absolute atomic E-state index is 5.76. The Labute approximate surface area is 169 Å². The van der Waals surface area contributed by atoms with Crippen LogP contribution in [0.25, 0.3) is 0 Å². The standard InChI is InChI=1S/C24H31N3O/c1-5-22-17-23(8-10-27(22)18(2)3)26-13-11-25(12-14-26)19(4)21-7-6-20-9-15-28-24(20)16-21/h5-8,10,16-17,19H,2,9,11-15H2,1,3-4H3/b22-5-. The maximum Gasteiger partial charge on any atom is 0.122 e. The lowest BCUT2D eigenvalue weighted by molar-refractivity contribution is 0.124. The molecule has 1 aromatic rings. The summed E-state index contributed by atoms with van der Waals surface area (Å²) in [5.41, 5.74) is 6.24. The van der Waals surface area contributed by atoms with Gasteiger partial charge in [0.05, 0.1) is 6.61 Å². The summed E-state index contributed by atoms with van der Waals surface area (Å²) in [5, 5.41) is 0. The summed E-state index contributed by atoms with van der Waals surface area (Å²) in [5.74, 6) is 1.08. The molecule has 3 heterocycles. The quantitative estimate of drug-likeness (QED) is 0.771. The molecule has 1 unspecified atom stereocenters. The van der Waals surface area contributed by atoms with E-state index in [2.05, 4.69) is 77.8 Å². The van der Waals surface area contributed by atoms with Gasteiger partial charge in [0.25, 0.3) is 0 Å². The lowest BCUT2D eigenvalue weighted by Gasteiger charge is -2.40. The molecule has 1 saturated heterocycles. The van der Waals surface area contributed by atoms with Crippen molar-refractivity contribution in [3.8, 4) is 5.75 Å². The van der Waals surface area contributed by atoms with Gasteiger partial charge in [-0.15, -0.1) is 0 Å². The van der Waals surface area contributed by atoms with Crippen LogP contribution in [0.4, 0.5) is 0 Å². The molecule has 0 bridgehead atoms. The fourth-order valence-electron chi connectivity index (χ4n) is 4.29. The van der Waals surface area contributed by atoms with Crippen LogP contribution in [0.5, 0.6) is 5.75 Å². The Morgan fingerprint density at radius 2 is 2.00 bits per heavy atom. The first kappa shape index (κ1) is 18.9. The van der Waals surface area contributed by atoms with Crippen LogP contribution in [-0.2, 0) is 6.42 Å². The van der Waals surface area contributed by atoms with Gasteiger partial charge < -0.3 is 14.5 Å². The average Bonchev–Trinajstić information content (AvgIpc) is 3.20.